The summed E-state index contributed by atoms with van der Waals surface area (Å²) >= 11 is 0. The topological polar surface area (TPSA) is 65.9 Å². The second-order valence-electron chi connectivity index (χ2n) is 7.06. The lowest BCUT2D eigenvalue weighted by molar-refractivity contribution is -0.274. The molecule has 0 fully saturated rings. The molecule has 0 spiro atoms. The van der Waals surface area contributed by atoms with E-state index in [1.165, 1.54) is 18.2 Å². The summed E-state index contributed by atoms with van der Waals surface area (Å²) in [4.78, 5) is 14.9. The largest absolute Gasteiger partial charge is 0.573 e. The molecule has 1 aromatic heterocycles. The second-order valence-corrected chi connectivity index (χ2v) is 7.06. The lowest BCUT2D eigenvalue weighted by atomic mass is 9.78. The number of H-pyrrole nitrogens is 1. The van der Waals surface area contributed by atoms with Crippen LogP contribution in [0.3, 0.4) is 0 Å². The van der Waals surface area contributed by atoms with Crippen LogP contribution in [0.1, 0.15) is 30.5 Å². The minimum Gasteiger partial charge on any atom is -0.406 e. The molecular formula is C22H19F3N2O2. The van der Waals surface area contributed by atoms with E-state index < -0.39 is 11.8 Å². The van der Waals surface area contributed by atoms with Crippen LogP contribution in [0, 0.1) is 11.3 Å². The Morgan fingerprint density at radius 1 is 1.10 bits per heavy atom. The summed E-state index contributed by atoms with van der Waals surface area (Å²) < 4.78 is 42.3. The molecule has 0 saturated heterocycles. The Morgan fingerprint density at radius 3 is 2.48 bits per heavy atom. The summed E-state index contributed by atoms with van der Waals surface area (Å²) in [5.74, 6) is -0.330. The van der Waals surface area contributed by atoms with Crippen LogP contribution in [-0.4, -0.2) is 11.3 Å². The SMILES string of the molecule is CCc1cc2ccc(C(C)(C#N)Cc3ccccc3OC(F)(F)F)cc2[nH]c1=O. The predicted molar refractivity (Wildman–Crippen MR) is 104 cm³/mol. The van der Waals surface area contributed by atoms with Crippen molar-refractivity contribution in [1.29, 1.82) is 5.26 Å². The van der Waals surface area contributed by atoms with E-state index in [4.69, 9.17) is 0 Å². The summed E-state index contributed by atoms with van der Waals surface area (Å²) in [7, 11) is 0. The Morgan fingerprint density at radius 2 is 1.83 bits per heavy atom. The number of nitriles is 1. The first-order chi connectivity index (χ1) is 13.6. The molecule has 7 heteroatoms. The van der Waals surface area contributed by atoms with Gasteiger partial charge in [-0.15, -0.1) is 13.2 Å². The summed E-state index contributed by atoms with van der Waals surface area (Å²) in [5.41, 5.74) is 0.773. The molecule has 150 valence electrons. The number of alkyl halides is 3. The van der Waals surface area contributed by atoms with Gasteiger partial charge in [0.15, 0.2) is 0 Å². The molecule has 3 rings (SSSR count). The molecule has 0 radical (unpaired) electrons. The van der Waals surface area contributed by atoms with Crippen molar-refractivity contribution in [3.8, 4) is 11.8 Å². The summed E-state index contributed by atoms with van der Waals surface area (Å²) in [6.07, 6.45) is -4.21. The van der Waals surface area contributed by atoms with Gasteiger partial charge in [-0.25, -0.2) is 0 Å². The van der Waals surface area contributed by atoms with Gasteiger partial charge in [0, 0.05) is 11.1 Å². The number of nitrogens with zero attached hydrogens (tertiary/aromatic N) is 1. The monoisotopic (exact) mass is 400 g/mol. The average Bonchev–Trinajstić information content (AvgIpc) is 2.67. The van der Waals surface area contributed by atoms with Crippen LogP contribution in [0.25, 0.3) is 10.9 Å². The number of halogens is 3. The smallest absolute Gasteiger partial charge is 0.406 e. The fraction of sp³-hybridized carbons (Fsp3) is 0.273. The standard InChI is InChI=1S/C22H19F3N2O2/c1-3-14-10-15-8-9-17(11-18(15)27-20(14)28)21(2,13-26)12-16-6-4-5-7-19(16)29-22(23,24)25/h4-11H,3,12H2,1-2H3,(H,27,28). The maximum absolute atomic E-state index is 12.7. The maximum Gasteiger partial charge on any atom is 0.573 e. The highest BCUT2D eigenvalue weighted by atomic mass is 19.4. The molecule has 0 amide bonds. The van der Waals surface area contributed by atoms with Crippen molar-refractivity contribution in [1.82, 2.24) is 4.98 Å². The molecule has 1 heterocycles. The predicted octanol–water partition coefficient (Wildman–Crippen LogP) is 5.01. The van der Waals surface area contributed by atoms with Crippen LogP contribution in [0.5, 0.6) is 5.75 Å². The molecule has 29 heavy (non-hydrogen) atoms. The number of aromatic amines is 1. The number of ether oxygens (including phenoxy) is 1. The Hall–Kier alpha value is -3.27. The molecule has 0 aliphatic carbocycles. The van der Waals surface area contributed by atoms with E-state index in [0.29, 0.717) is 23.1 Å². The van der Waals surface area contributed by atoms with E-state index in [9.17, 15) is 23.2 Å². The van der Waals surface area contributed by atoms with E-state index in [-0.39, 0.29) is 23.3 Å². The fourth-order valence-corrected chi connectivity index (χ4v) is 3.31. The molecule has 0 bridgehead atoms. The quantitative estimate of drug-likeness (QED) is 0.655. The average molecular weight is 400 g/mol. The van der Waals surface area contributed by atoms with Gasteiger partial charge in [-0.1, -0.05) is 37.3 Å². The van der Waals surface area contributed by atoms with Crippen LogP contribution in [0.15, 0.2) is 53.3 Å². The summed E-state index contributed by atoms with van der Waals surface area (Å²) in [6.45, 7) is 3.54. The number of rotatable bonds is 5. The molecule has 0 saturated carbocycles. The van der Waals surface area contributed by atoms with Gasteiger partial charge < -0.3 is 9.72 Å². The van der Waals surface area contributed by atoms with E-state index in [0.717, 1.165) is 5.39 Å². The van der Waals surface area contributed by atoms with Gasteiger partial charge in [-0.3, -0.25) is 4.79 Å². The highest BCUT2D eigenvalue weighted by Crippen LogP contribution is 2.34. The number of aryl methyl sites for hydroxylation is 1. The van der Waals surface area contributed by atoms with Gasteiger partial charge in [0.05, 0.1) is 11.5 Å². The molecule has 1 atom stereocenters. The zero-order valence-corrected chi connectivity index (χ0v) is 15.9. The Balaban J connectivity index is 2.03. The van der Waals surface area contributed by atoms with E-state index in [2.05, 4.69) is 15.8 Å². The summed E-state index contributed by atoms with van der Waals surface area (Å²) in [5, 5.41) is 10.7. The zero-order valence-electron chi connectivity index (χ0n) is 15.9. The Kier molecular flexibility index (Phi) is 5.38. The van der Waals surface area contributed by atoms with Crippen LogP contribution >= 0.6 is 0 Å². The van der Waals surface area contributed by atoms with Crippen molar-refractivity contribution < 1.29 is 17.9 Å². The molecule has 2 aromatic carbocycles. The summed E-state index contributed by atoms with van der Waals surface area (Å²) in [6, 6.07) is 15.0. The minimum atomic E-state index is -4.82. The first-order valence-corrected chi connectivity index (χ1v) is 9.06. The maximum atomic E-state index is 12.7. The van der Waals surface area contributed by atoms with Gasteiger partial charge in [0.25, 0.3) is 5.56 Å². The zero-order chi connectivity index (χ0) is 21.2. The van der Waals surface area contributed by atoms with Gasteiger partial charge in [-0.05, 0) is 54.5 Å². The number of benzene rings is 2. The number of pyridine rings is 1. The first-order valence-electron chi connectivity index (χ1n) is 9.06. The lowest BCUT2D eigenvalue weighted by Gasteiger charge is -2.24. The molecule has 3 aromatic rings. The molecule has 4 nitrogen and oxygen atoms in total. The van der Waals surface area contributed by atoms with Gasteiger partial charge >= 0.3 is 6.36 Å². The van der Waals surface area contributed by atoms with Crippen molar-refractivity contribution in [2.75, 3.05) is 0 Å². The molecule has 1 N–H and O–H groups in total. The van der Waals surface area contributed by atoms with Crippen molar-refractivity contribution in [2.24, 2.45) is 0 Å². The van der Waals surface area contributed by atoms with Crippen molar-refractivity contribution >= 4 is 10.9 Å². The van der Waals surface area contributed by atoms with Gasteiger partial charge in [0.2, 0.25) is 0 Å². The van der Waals surface area contributed by atoms with Crippen LogP contribution in [0.4, 0.5) is 13.2 Å². The Bertz CT molecular complexity index is 1150. The first kappa shape index (κ1) is 20.5. The lowest BCUT2D eigenvalue weighted by Crippen LogP contribution is -2.25. The van der Waals surface area contributed by atoms with E-state index in [1.807, 2.05) is 6.92 Å². The van der Waals surface area contributed by atoms with Crippen molar-refractivity contribution in [3.05, 3.63) is 75.6 Å². The molecule has 0 aliphatic rings. The van der Waals surface area contributed by atoms with Crippen molar-refractivity contribution in [2.45, 2.75) is 38.5 Å². The van der Waals surface area contributed by atoms with Crippen molar-refractivity contribution in [3.63, 3.8) is 0 Å². The number of nitrogens with one attached hydrogen (secondary N) is 1. The van der Waals surface area contributed by atoms with Crippen LogP contribution < -0.4 is 10.3 Å². The molecule has 0 aliphatic heterocycles. The highest BCUT2D eigenvalue weighted by molar-refractivity contribution is 5.80. The minimum absolute atomic E-state index is 0.0124. The third-order valence-electron chi connectivity index (χ3n) is 4.93. The van der Waals surface area contributed by atoms with E-state index in [1.54, 1.807) is 37.3 Å². The van der Waals surface area contributed by atoms with Gasteiger partial charge in [-0.2, -0.15) is 5.26 Å². The normalized spacial score (nSPS) is 13.7. The second kappa shape index (κ2) is 7.63. The molecular weight excluding hydrogens is 381 g/mol. The Labute approximate surface area is 165 Å². The number of hydrogen-bond donors (Lipinski definition) is 1. The third kappa shape index (κ3) is 4.43. The number of hydrogen-bond acceptors (Lipinski definition) is 3. The third-order valence-corrected chi connectivity index (χ3v) is 4.93. The number of para-hydroxylation sites is 1. The van der Waals surface area contributed by atoms with Crippen LogP contribution in [-0.2, 0) is 18.3 Å². The van der Waals surface area contributed by atoms with E-state index >= 15 is 0 Å². The highest BCUT2D eigenvalue weighted by Gasteiger charge is 2.34. The number of fused-ring (bicyclic) bond motifs is 1. The molecule has 1 unspecified atom stereocenters. The van der Waals surface area contributed by atoms with Gasteiger partial charge in [0.1, 0.15) is 5.75 Å². The fourth-order valence-electron chi connectivity index (χ4n) is 3.31. The number of aromatic nitrogens is 1. The van der Waals surface area contributed by atoms with Crippen LogP contribution in [0.2, 0.25) is 0 Å².